The quantitative estimate of drug-likeness (QED) is 0.337. The summed E-state index contributed by atoms with van der Waals surface area (Å²) in [6, 6.07) is 22.0. The molecule has 38 heavy (non-hydrogen) atoms. The number of nitrogens with zero attached hydrogens (tertiary/aromatic N) is 2. The van der Waals surface area contributed by atoms with Crippen molar-refractivity contribution in [3.8, 4) is 0 Å². The Labute approximate surface area is 226 Å². The highest BCUT2D eigenvalue weighted by Crippen LogP contribution is 2.24. The topological polar surface area (TPSA) is 86.8 Å². The van der Waals surface area contributed by atoms with E-state index in [9.17, 15) is 18.0 Å². The molecule has 0 aliphatic rings. The van der Waals surface area contributed by atoms with Gasteiger partial charge in [0.15, 0.2) is 0 Å². The zero-order valence-corrected chi connectivity index (χ0v) is 23.4. The van der Waals surface area contributed by atoms with Gasteiger partial charge in [-0.3, -0.25) is 13.9 Å². The second kappa shape index (κ2) is 13.2. The molecule has 3 aromatic rings. The van der Waals surface area contributed by atoms with Crippen LogP contribution in [0.1, 0.15) is 43.4 Å². The third-order valence-electron chi connectivity index (χ3n) is 6.40. The van der Waals surface area contributed by atoms with Crippen molar-refractivity contribution in [3.63, 3.8) is 0 Å². The number of carbonyl (C=O) groups excluding carboxylic acids is 2. The largest absolute Gasteiger partial charge is 0.354 e. The van der Waals surface area contributed by atoms with Crippen molar-refractivity contribution >= 4 is 27.5 Å². The molecule has 8 heteroatoms. The molecule has 2 amide bonds. The molecule has 0 unspecified atom stereocenters. The van der Waals surface area contributed by atoms with E-state index in [1.165, 1.54) is 4.90 Å². The third kappa shape index (κ3) is 7.44. The maximum absolute atomic E-state index is 13.8. The van der Waals surface area contributed by atoms with Crippen LogP contribution < -0.4 is 9.62 Å². The van der Waals surface area contributed by atoms with E-state index in [1.807, 2.05) is 45.0 Å². The van der Waals surface area contributed by atoms with Crippen LogP contribution in [0, 0.1) is 13.8 Å². The lowest BCUT2D eigenvalue weighted by Crippen LogP contribution is -2.51. The van der Waals surface area contributed by atoms with Crippen LogP contribution in [0.4, 0.5) is 5.69 Å². The number of aryl methyl sites for hydroxylation is 2. The van der Waals surface area contributed by atoms with Gasteiger partial charge in [0, 0.05) is 13.1 Å². The van der Waals surface area contributed by atoms with Crippen molar-refractivity contribution in [1.29, 1.82) is 0 Å². The van der Waals surface area contributed by atoms with Gasteiger partial charge in [0.25, 0.3) is 10.0 Å². The highest BCUT2D eigenvalue weighted by atomic mass is 32.2. The minimum atomic E-state index is -4.06. The van der Waals surface area contributed by atoms with Gasteiger partial charge in [-0.2, -0.15) is 0 Å². The average molecular weight is 536 g/mol. The normalized spacial score (nSPS) is 12.0. The molecule has 0 aliphatic heterocycles. The average Bonchev–Trinajstić information content (AvgIpc) is 2.91. The predicted molar refractivity (Wildman–Crippen MR) is 151 cm³/mol. The van der Waals surface area contributed by atoms with Crippen LogP contribution in [-0.2, 0) is 26.2 Å². The predicted octanol–water partition coefficient (Wildman–Crippen LogP) is 4.83. The number of anilines is 1. The number of hydrogen-bond donors (Lipinski definition) is 1. The maximum Gasteiger partial charge on any atom is 0.264 e. The standard InChI is InChI=1S/C30H37N3O4S/c1-5-6-20-31-30(35)25(4)32(21-26-16-12-23(2)13-17-26)29(34)22-33(27-10-8-7-9-11-27)38(36,37)28-18-14-24(3)15-19-28/h7-19,25H,5-6,20-22H2,1-4H3,(H,31,35)/t25-/m0/s1. The molecule has 0 saturated heterocycles. The Morgan fingerprint density at radius 1 is 0.868 bits per heavy atom. The molecule has 0 radical (unpaired) electrons. The van der Waals surface area contributed by atoms with Gasteiger partial charge < -0.3 is 10.2 Å². The van der Waals surface area contributed by atoms with Crippen molar-refractivity contribution in [2.75, 3.05) is 17.4 Å². The summed E-state index contributed by atoms with van der Waals surface area (Å²) in [7, 11) is -4.06. The lowest BCUT2D eigenvalue weighted by atomic mass is 10.1. The molecule has 3 aromatic carbocycles. The summed E-state index contributed by atoms with van der Waals surface area (Å²) in [6.45, 7) is 7.82. The van der Waals surface area contributed by atoms with Crippen LogP contribution in [0.15, 0.2) is 83.8 Å². The number of nitrogens with one attached hydrogen (secondary N) is 1. The first-order valence-electron chi connectivity index (χ1n) is 12.9. The molecule has 202 valence electrons. The van der Waals surface area contributed by atoms with Gasteiger partial charge in [-0.1, -0.05) is 79.1 Å². The summed E-state index contributed by atoms with van der Waals surface area (Å²) in [4.78, 5) is 28.4. The minimum absolute atomic E-state index is 0.0928. The molecule has 0 spiro atoms. The van der Waals surface area contributed by atoms with E-state index in [0.717, 1.165) is 33.8 Å². The summed E-state index contributed by atoms with van der Waals surface area (Å²) >= 11 is 0. The van der Waals surface area contributed by atoms with E-state index >= 15 is 0 Å². The van der Waals surface area contributed by atoms with Crippen molar-refractivity contribution in [2.24, 2.45) is 0 Å². The van der Waals surface area contributed by atoms with Gasteiger partial charge in [-0.15, -0.1) is 0 Å². The molecular formula is C30H37N3O4S. The van der Waals surface area contributed by atoms with Gasteiger partial charge in [0.1, 0.15) is 12.6 Å². The zero-order valence-electron chi connectivity index (χ0n) is 22.6. The molecule has 0 fully saturated rings. The fourth-order valence-electron chi connectivity index (χ4n) is 3.97. The first kappa shape index (κ1) is 28.9. The maximum atomic E-state index is 13.8. The van der Waals surface area contributed by atoms with E-state index < -0.39 is 28.5 Å². The highest BCUT2D eigenvalue weighted by molar-refractivity contribution is 7.92. The van der Waals surface area contributed by atoms with Gasteiger partial charge in [0.05, 0.1) is 10.6 Å². The molecule has 3 rings (SSSR count). The first-order chi connectivity index (χ1) is 18.1. The number of unbranched alkanes of at least 4 members (excludes halogenated alkanes) is 1. The molecule has 7 nitrogen and oxygen atoms in total. The Hall–Kier alpha value is -3.65. The molecule has 1 atom stereocenters. The SMILES string of the molecule is CCCCNC(=O)[C@H](C)N(Cc1ccc(C)cc1)C(=O)CN(c1ccccc1)S(=O)(=O)c1ccc(C)cc1. The number of sulfonamides is 1. The van der Waals surface area contributed by atoms with Crippen LogP contribution in [0.25, 0.3) is 0 Å². The molecule has 1 N–H and O–H groups in total. The van der Waals surface area contributed by atoms with E-state index in [-0.39, 0.29) is 17.3 Å². The molecule has 0 aliphatic carbocycles. The van der Waals surface area contributed by atoms with Crippen molar-refractivity contribution < 1.29 is 18.0 Å². The molecule has 0 saturated carbocycles. The lowest BCUT2D eigenvalue weighted by Gasteiger charge is -2.32. The Bertz CT molecular complexity index is 1310. The summed E-state index contributed by atoms with van der Waals surface area (Å²) in [6.07, 6.45) is 1.77. The number of rotatable bonds is 12. The van der Waals surface area contributed by atoms with Crippen LogP contribution in [0.5, 0.6) is 0 Å². The first-order valence-corrected chi connectivity index (χ1v) is 14.3. The Kier molecular flexibility index (Phi) is 10.1. The third-order valence-corrected chi connectivity index (χ3v) is 8.19. The van der Waals surface area contributed by atoms with Crippen LogP contribution in [0.3, 0.4) is 0 Å². The lowest BCUT2D eigenvalue weighted by molar-refractivity contribution is -0.139. The number of benzene rings is 3. The number of para-hydroxylation sites is 1. The molecule has 0 bridgehead atoms. The highest BCUT2D eigenvalue weighted by Gasteiger charge is 2.32. The summed E-state index contributed by atoms with van der Waals surface area (Å²) in [5.41, 5.74) is 3.23. The minimum Gasteiger partial charge on any atom is -0.354 e. The van der Waals surface area contributed by atoms with E-state index in [2.05, 4.69) is 5.32 Å². The zero-order chi connectivity index (χ0) is 27.7. The number of hydrogen-bond acceptors (Lipinski definition) is 4. The van der Waals surface area contributed by atoms with E-state index in [1.54, 1.807) is 61.5 Å². The summed E-state index contributed by atoms with van der Waals surface area (Å²) in [5, 5.41) is 2.90. The second-order valence-electron chi connectivity index (χ2n) is 9.49. The second-order valence-corrected chi connectivity index (χ2v) is 11.4. The van der Waals surface area contributed by atoms with Gasteiger partial charge in [-0.25, -0.2) is 8.42 Å². The van der Waals surface area contributed by atoms with Crippen LogP contribution in [-0.4, -0.2) is 44.3 Å². The van der Waals surface area contributed by atoms with Crippen molar-refractivity contribution in [3.05, 3.63) is 95.6 Å². The summed E-state index contributed by atoms with van der Waals surface area (Å²) in [5.74, 6) is -0.741. The smallest absolute Gasteiger partial charge is 0.264 e. The van der Waals surface area contributed by atoms with Gasteiger partial charge in [-0.05, 0) is 57.0 Å². The van der Waals surface area contributed by atoms with Gasteiger partial charge in [0.2, 0.25) is 11.8 Å². The number of amides is 2. The number of carbonyl (C=O) groups is 2. The Balaban J connectivity index is 1.96. The van der Waals surface area contributed by atoms with E-state index in [0.29, 0.717) is 12.2 Å². The monoisotopic (exact) mass is 535 g/mol. The fraction of sp³-hybridized carbons (Fsp3) is 0.333. The van der Waals surface area contributed by atoms with Gasteiger partial charge >= 0.3 is 0 Å². The van der Waals surface area contributed by atoms with Crippen LogP contribution in [0.2, 0.25) is 0 Å². The van der Waals surface area contributed by atoms with E-state index in [4.69, 9.17) is 0 Å². The van der Waals surface area contributed by atoms with Crippen molar-refractivity contribution in [1.82, 2.24) is 10.2 Å². The fourth-order valence-corrected chi connectivity index (χ4v) is 5.38. The Morgan fingerprint density at radius 3 is 2.03 bits per heavy atom. The molecule has 0 heterocycles. The molecule has 0 aromatic heterocycles. The molecular weight excluding hydrogens is 498 g/mol. The van der Waals surface area contributed by atoms with Crippen molar-refractivity contribution in [2.45, 2.75) is 58.0 Å². The summed E-state index contributed by atoms with van der Waals surface area (Å²) < 4.78 is 28.6. The van der Waals surface area contributed by atoms with Crippen LogP contribution >= 0.6 is 0 Å². The Morgan fingerprint density at radius 2 is 1.45 bits per heavy atom.